The predicted molar refractivity (Wildman–Crippen MR) is 67.0 cm³/mol. The Bertz CT molecular complexity index is 653. The van der Waals surface area contributed by atoms with E-state index in [4.69, 9.17) is 27.8 Å². The zero-order valence-electron chi connectivity index (χ0n) is 9.68. The van der Waals surface area contributed by atoms with E-state index in [9.17, 15) is 4.39 Å². The SMILES string of the molecule is NC1Oc2cncnc2C1(N)c1ccc(F)c(Cl)c1. The quantitative estimate of drug-likeness (QED) is 0.818. The summed E-state index contributed by atoms with van der Waals surface area (Å²) < 4.78 is 18.7. The van der Waals surface area contributed by atoms with E-state index < -0.39 is 17.6 Å². The molecule has 98 valence electrons. The third-order valence-corrected chi connectivity index (χ3v) is 3.46. The number of hydrogen-bond acceptors (Lipinski definition) is 5. The minimum atomic E-state index is -1.18. The Hall–Kier alpha value is -1.76. The van der Waals surface area contributed by atoms with Crippen LogP contribution in [-0.2, 0) is 5.54 Å². The molecule has 3 rings (SSSR count). The summed E-state index contributed by atoms with van der Waals surface area (Å²) in [5.74, 6) is -0.109. The number of ether oxygens (including phenoxy) is 1. The lowest BCUT2D eigenvalue weighted by Gasteiger charge is -2.27. The van der Waals surface area contributed by atoms with E-state index in [-0.39, 0.29) is 5.02 Å². The monoisotopic (exact) mass is 280 g/mol. The Morgan fingerprint density at radius 2 is 2.21 bits per heavy atom. The lowest BCUT2D eigenvalue weighted by Crippen LogP contribution is -2.52. The molecule has 5 nitrogen and oxygen atoms in total. The van der Waals surface area contributed by atoms with Crippen molar-refractivity contribution in [2.24, 2.45) is 11.5 Å². The van der Waals surface area contributed by atoms with Crippen LogP contribution >= 0.6 is 11.6 Å². The van der Waals surface area contributed by atoms with Crippen LogP contribution < -0.4 is 16.2 Å². The highest BCUT2D eigenvalue weighted by Gasteiger charge is 2.47. The normalized spacial score (nSPS) is 24.9. The average molecular weight is 281 g/mol. The summed E-state index contributed by atoms with van der Waals surface area (Å²) in [5.41, 5.74) is 12.1. The van der Waals surface area contributed by atoms with Crippen molar-refractivity contribution < 1.29 is 9.13 Å². The van der Waals surface area contributed by atoms with Crippen molar-refractivity contribution in [2.45, 2.75) is 11.8 Å². The summed E-state index contributed by atoms with van der Waals surface area (Å²) in [4.78, 5) is 7.96. The topological polar surface area (TPSA) is 87.0 Å². The van der Waals surface area contributed by atoms with E-state index in [1.165, 1.54) is 30.7 Å². The minimum Gasteiger partial charge on any atom is -0.469 e. The highest BCUT2D eigenvalue weighted by atomic mass is 35.5. The molecule has 4 N–H and O–H groups in total. The van der Waals surface area contributed by atoms with Crippen molar-refractivity contribution in [3.63, 3.8) is 0 Å². The van der Waals surface area contributed by atoms with E-state index in [2.05, 4.69) is 9.97 Å². The van der Waals surface area contributed by atoms with Crippen molar-refractivity contribution >= 4 is 11.6 Å². The molecule has 0 amide bonds. The van der Waals surface area contributed by atoms with Crippen molar-refractivity contribution in [2.75, 3.05) is 0 Å². The number of hydrogen-bond donors (Lipinski definition) is 2. The molecule has 1 aromatic heterocycles. The molecule has 2 atom stereocenters. The van der Waals surface area contributed by atoms with E-state index in [0.29, 0.717) is 17.0 Å². The molecule has 0 bridgehead atoms. The third kappa shape index (κ3) is 1.68. The Morgan fingerprint density at radius 3 is 2.95 bits per heavy atom. The zero-order valence-corrected chi connectivity index (χ0v) is 10.4. The van der Waals surface area contributed by atoms with Gasteiger partial charge in [0.15, 0.2) is 12.0 Å². The second kappa shape index (κ2) is 4.12. The van der Waals surface area contributed by atoms with Crippen LogP contribution in [0.5, 0.6) is 5.75 Å². The fourth-order valence-electron chi connectivity index (χ4n) is 2.13. The van der Waals surface area contributed by atoms with Gasteiger partial charge in [-0.25, -0.2) is 14.4 Å². The number of rotatable bonds is 1. The van der Waals surface area contributed by atoms with Crippen LogP contribution in [0.4, 0.5) is 4.39 Å². The molecule has 2 unspecified atom stereocenters. The molecule has 19 heavy (non-hydrogen) atoms. The molecule has 0 aliphatic carbocycles. The highest BCUT2D eigenvalue weighted by molar-refractivity contribution is 6.30. The van der Waals surface area contributed by atoms with Gasteiger partial charge in [-0.2, -0.15) is 0 Å². The van der Waals surface area contributed by atoms with Crippen LogP contribution in [0, 0.1) is 5.82 Å². The second-order valence-corrected chi connectivity index (χ2v) is 4.68. The molecule has 0 radical (unpaired) electrons. The Balaban J connectivity index is 2.19. The Morgan fingerprint density at radius 1 is 1.42 bits per heavy atom. The van der Waals surface area contributed by atoms with Crippen LogP contribution in [0.3, 0.4) is 0 Å². The van der Waals surface area contributed by atoms with E-state index in [1.807, 2.05) is 0 Å². The molecular formula is C12H10ClFN4O. The summed E-state index contributed by atoms with van der Waals surface area (Å²) in [7, 11) is 0. The van der Waals surface area contributed by atoms with Gasteiger partial charge in [0.05, 0.1) is 11.2 Å². The fourth-order valence-corrected chi connectivity index (χ4v) is 2.31. The largest absolute Gasteiger partial charge is 0.469 e. The summed E-state index contributed by atoms with van der Waals surface area (Å²) in [6, 6.07) is 4.18. The Labute approximate surface area is 113 Å². The van der Waals surface area contributed by atoms with Crippen molar-refractivity contribution in [3.8, 4) is 5.75 Å². The van der Waals surface area contributed by atoms with Crippen LogP contribution in [0.2, 0.25) is 5.02 Å². The smallest absolute Gasteiger partial charge is 0.176 e. The molecule has 0 saturated carbocycles. The van der Waals surface area contributed by atoms with Gasteiger partial charge in [0.25, 0.3) is 0 Å². The molecule has 0 spiro atoms. The van der Waals surface area contributed by atoms with Gasteiger partial charge in [-0.05, 0) is 17.7 Å². The highest BCUT2D eigenvalue weighted by Crippen LogP contribution is 2.40. The first-order valence-electron chi connectivity index (χ1n) is 5.50. The lowest BCUT2D eigenvalue weighted by molar-refractivity contribution is 0.176. The van der Waals surface area contributed by atoms with E-state index in [0.717, 1.165) is 0 Å². The van der Waals surface area contributed by atoms with Gasteiger partial charge in [-0.3, -0.25) is 5.73 Å². The number of nitrogens with zero attached hydrogens (tertiary/aromatic N) is 2. The second-order valence-electron chi connectivity index (χ2n) is 4.27. The molecule has 0 fully saturated rings. The fraction of sp³-hybridized carbons (Fsp3) is 0.167. The molecule has 1 aliphatic rings. The summed E-state index contributed by atoms with van der Waals surface area (Å²) in [6.45, 7) is 0. The van der Waals surface area contributed by atoms with Gasteiger partial charge in [0.2, 0.25) is 0 Å². The maximum absolute atomic E-state index is 13.2. The van der Waals surface area contributed by atoms with Crippen molar-refractivity contribution in [1.82, 2.24) is 9.97 Å². The van der Waals surface area contributed by atoms with Gasteiger partial charge in [-0.15, -0.1) is 0 Å². The molecule has 2 heterocycles. The number of fused-ring (bicyclic) bond motifs is 1. The van der Waals surface area contributed by atoms with Gasteiger partial charge in [0, 0.05) is 0 Å². The van der Waals surface area contributed by atoms with Gasteiger partial charge < -0.3 is 10.5 Å². The molecule has 2 aromatic rings. The minimum absolute atomic E-state index is 0.0305. The first kappa shape index (κ1) is 12.3. The first-order valence-corrected chi connectivity index (χ1v) is 5.88. The van der Waals surface area contributed by atoms with Crippen LogP contribution in [0.25, 0.3) is 0 Å². The molecule has 1 aromatic carbocycles. The number of aromatic nitrogens is 2. The maximum atomic E-state index is 13.2. The maximum Gasteiger partial charge on any atom is 0.176 e. The molecule has 7 heteroatoms. The van der Waals surface area contributed by atoms with Crippen LogP contribution in [-0.4, -0.2) is 16.2 Å². The number of benzene rings is 1. The predicted octanol–water partition coefficient (Wildman–Crippen LogP) is 1.15. The van der Waals surface area contributed by atoms with Gasteiger partial charge in [-0.1, -0.05) is 17.7 Å². The van der Waals surface area contributed by atoms with Gasteiger partial charge >= 0.3 is 0 Å². The first-order chi connectivity index (χ1) is 9.03. The summed E-state index contributed by atoms with van der Waals surface area (Å²) in [5, 5.41) is -0.0305. The lowest BCUT2D eigenvalue weighted by atomic mass is 9.87. The number of nitrogens with two attached hydrogens (primary N) is 2. The summed E-state index contributed by atoms with van der Waals surface area (Å²) >= 11 is 5.78. The third-order valence-electron chi connectivity index (χ3n) is 3.17. The van der Waals surface area contributed by atoms with Crippen molar-refractivity contribution in [3.05, 3.63) is 52.8 Å². The van der Waals surface area contributed by atoms with Crippen LogP contribution in [0.15, 0.2) is 30.7 Å². The van der Waals surface area contributed by atoms with Crippen LogP contribution in [0.1, 0.15) is 11.3 Å². The van der Waals surface area contributed by atoms with E-state index >= 15 is 0 Å². The zero-order chi connectivity index (χ0) is 13.6. The molecule has 0 saturated heterocycles. The average Bonchev–Trinajstić information content (AvgIpc) is 2.66. The van der Waals surface area contributed by atoms with Crippen molar-refractivity contribution in [1.29, 1.82) is 0 Å². The molecule has 1 aliphatic heterocycles. The number of halogens is 2. The standard InChI is InChI=1S/C12H10ClFN4O/c13-7-3-6(1-2-8(7)14)12(16)10-9(19-11(12)15)4-17-5-18-10/h1-5,11H,15-16H2. The molecular weight excluding hydrogens is 271 g/mol. The summed E-state index contributed by atoms with van der Waals surface area (Å²) in [6.07, 6.45) is 2.00. The Kier molecular flexibility index (Phi) is 2.67. The van der Waals surface area contributed by atoms with Gasteiger partial charge in [0.1, 0.15) is 23.4 Å². The van der Waals surface area contributed by atoms with E-state index in [1.54, 1.807) is 0 Å².